The van der Waals surface area contributed by atoms with Gasteiger partial charge >= 0.3 is 0 Å². The van der Waals surface area contributed by atoms with Crippen molar-refractivity contribution in [2.24, 2.45) is 0 Å². The molecule has 10 heteroatoms. The molecule has 0 bridgehead atoms. The first-order chi connectivity index (χ1) is 18.0. The fourth-order valence-corrected chi connectivity index (χ4v) is 6.16. The van der Waals surface area contributed by atoms with Crippen molar-refractivity contribution in [3.63, 3.8) is 0 Å². The van der Waals surface area contributed by atoms with Crippen molar-refractivity contribution in [2.75, 3.05) is 17.1 Å². The minimum atomic E-state index is -3.85. The molecule has 0 saturated heterocycles. The molecule has 202 valence electrons. The van der Waals surface area contributed by atoms with Crippen molar-refractivity contribution < 1.29 is 18.0 Å². The lowest BCUT2D eigenvalue weighted by molar-refractivity contribution is -0.139. The van der Waals surface area contributed by atoms with Gasteiger partial charge < -0.3 is 10.2 Å². The molecule has 0 aliphatic heterocycles. The van der Waals surface area contributed by atoms with Gasteiger partial charge in [-0.15, -0.1) is 0 Å². The molecule has 1 atom stereocenters. The maximum Gasteiger partial charge on any atom is 0.244 e. The molecule has 0 spiro atoms. The summed E-state index contributed by atoms with van der Waals surface area (Å²) in [6.45, 7) is 1.19. The Balaban J connectivity index is 1.67. The first-order valence-corrected chi connectivity index (χ1v) is 15.1. The minimum absolute atomic E-state index is 0.0151. The zero-order valence-corrected chi connectivity index (χ0v) is 23.7. The van der Waals surface area contributed by atoms with Crippen molar-refractivity contribution in [1.82, 2.24) is 10.2 Å². The summed E-state index contributed by atoms with van der Waals surface area (Å²) in [5, 5.41) is 5.39. The lowest BCUT2D eigenvalue weighted by Crippen LogP contribution is -2.52. The molecule has 0 aromatic heterocycles. The van der Waals surface area contributed by atoms with Crippen molar-refractivity contribution in [1.29, 1.82) is 0 Å². The summed E-state index contributed by atoms with van der Waals surface area (Å²) in [6, 6.07) is 16.8. The normalized spacial score (nSPS) is 14.8. The van der Waals surface area contributed by atoms with Crippen LogP contribution in [0.4, 0.5) is 5.69 Å². The van der Waals surface area contributed by atoms with E-state index in [1.165, 1.54) is 4.90 Å². The van der Waals surface area contributed by atoms with E-state index < -0.39 is 28.5 Å². The lowest BCUT2D eigenvalue weighted by atomic mass is 10.1. The molecule has 3 aromatic rings. The van der Waals surface area contributed by atoms with Crippen LogP contribution in [0.2, 0.25) is 10.0 Å². The molecule has 2 amide bonds. The van der Waals surface area contributed by atoms with Crippen molar-refractivity contribution in [3.05, 3.63) is 76.3 Å². The maximum absolute atomic E-state index is 13.8. The Hall–Kier alpha value is -2.81. The highest BCUT2D eigenvalue weighted by Gasteiger charge is 2.32. The number of amides is 2. The fraction of sp³-hybridized carbons (Fsp3) is 0.357. The summed E-state index contributed by atoms with van der Waals surface area (Å²) in [5.41, 5.74) is 0.993. The number of fused-ring (bicyclic) bond motifs is 1. The van der Waals surface area contributed by atoms with Crippen molar-refractivity contribution >= 4 is 61.5 Å². The number of anilines is 1. The zero-order valence-electron chi connectivity index (χ0n) is 21.4. The van der Waals surface area contributed by atoms with Gasteiger partial charge in [0, 0.05) is 28.0 Å². The number of carbonyl (C=O) groups excluding carboxylic acids is 2. The largest absolute Gasteiger partial charge is 0.352 e. The zero-order chi connectivity index (χ0) is 27.4. The van der Waals surface area contributed by atoms with E-state index in [9.17, 15) is 18.0 Å². The Labute approximate surface area is 233 Å². The number of benzene rings is 3. The molecule has 1 N–H and O–H groups in total. The molecule has 4 rings (SSSR count). The van der Waals surface area contributed by atoms with Gasteiger partial charge in [0.2, 0.25) is 21.8 Å². The monoisotopic (exact) mass is 575 g/mol. The van der Waals surface area contributed by atoms with Crippen LogP contribution in [0.3, 0.4) is 0 Å². The molecule has 0 radical (unpaired) electrons. The van der Waals surface area contributed by atoms with Crippen LogP contribution < -0.4 is 9.62 Å². The highest BCUT2D eigenvalue weighted by Crippen LogP contribution is 2.29. The van der Waals surface area contributed by atoms with Crippen molar-refractivity contribution in [2.45, 2.75) is 51.2 Å². The topological polar surface area (TPSA) is 86.8 Å². The van der Waals surface area contributed by atoms with E-state index >= 15 is 0 Å². The van der Waals surface area contributed by atoms with Crippen LogP contribution in [-0.2, 0) is 26.2 Å². The van der Waals surface area contributed by atoms with Gasteiger partial charge in [0.25, 0.3) is 0 Å². The van der Waals surface area contributed by atoms with E-state index in [0.29, 0.717) is 26.7 Å². The number of sulfonamides is 1. The number of hydrogen-bond acceptors (Lipinski definition) is 4. The predicted octanol–water partition coefficient (Wildman–Crippen LogP) is 5.39. The van der Waals surface area contributed by atoms with E-state index in [1.807, 2.05) is 30.3 Å². The smallest absolute Gasteiger partial charge is 0.244 e. The molecular formula is C28H31Cl2N3O4S. The summed E-state index contributed by atoms with van der Waals surface area (Å²) in [7, 11) is -3.85. The van der Waals surface area contributed by atoms with Gasteiger partial charge in [0.15, 0.2) is 0 Å². The number of nitrogens with zero attached hydrogens (tertiary/aromatic N) is 2. The third kappa shape index (κ3) is 6.60. The molecule has 0 unspecified atom stereocenters. The molecule has 1 fully saturated rings. The third-order valence-electron chi connectivity index (χ3n) is 6.94. The summed E-state index contributed by atoms with van der Waals surface area (Å²) >= 11 is 12.5. The molecule has 1 saturated carbocycles. The number of nitrogens with one attached hydrogen (secondary N) is 1. The Morgan fingerprint density at radius 2 is 1.71 bits per heavy atom. The molecular weight excluding hydrogens is 545 g/mol. The molecule has 3 aromatic carbocycles. The molecule has 1 aliphatic carbocycles. The second-order valence-electron chi connectivity index (χ2n) is 9.69. The van der Waals surface area contributed by atoms with Gasteiger partial charge in [-0.05, 0) is 48.9 Å². The van der Waals surface area contributed by atoms with Crippen LogP contribution in [0, 0.1) is 0 Å². The fourth-order valence-electron chi connectivity index (χ4n) is 4.83. The Morgan fingerprint density at radius 1 is 1.03 bits per heavy atom. The lowest BCUT2D eigenvalue weighted by Gasteiger charge is -2.32. The van der Waals surface area contributed by atoms with Crippen LogP contribution in [0.25, 0.3) is 10.8 Å². The first-order valence-electron chi connectivity index (χ1n) is 12.5. The molecule has 7 nitrogen and oxygen atoms in total. The van der Waals surface area contributed by atoms with Crippen LogP contribution in [-0.4, -0.2) is 50.0 Å². The van der Waals surface area contributed by atoms with Gasteiger partial charge in [-0.25, -0.2) is 8.42 Å². The average molecular weight is 577 g/mol. The molecule has 0 heterocycles. The predicted molar refractivity (Wildman–Crippen MR) is 153 cm³/mol. The number of halogens is 2. The Morgan fingerprint density at radius 3 is 2.39 bits per heavy atom. The minimum Gasteiger partial charge on any atom is -0.352 e. The van der Waals surface area contributed by atoms with Gasteiger partial charge in [-0.2, -0.15) is 0 Å². The standard InChI is InChI=1S/C28H31Cl2N3O4S/c1-19(28(35)31-23-10-4-5-11-23)32(17-21-14-15-22(29)16-25(21)30)27(34)18-33(38(2,36)37)26-13-7-9-20-8-3-6-12-24(20)26/h3,6-9,12-16,19,23H,4-5,10-11,17-18H2,1-2H3,(H,31,35)/t19-/m1/s1. The van der Waals surface area contributed by atoms with E-state index in [-0.39, 0.29) is 18.5 Å². The Bertz CT molecular complexity index is 1440. The second-order valence-corrected chi connectivity index (χ2v) is 12.4. The van der Waals surface area contributed by atoms with E-state index in [2.05, 4.69) is 5.32 Å². The van der Waals surface area contributed by atoms with Crippen molar-refractivity contribution in [3.8, 4) is 0 Å². The summed E-state index contributed by atoms with van der Waals surface area (Å²) in [5.74, 6) is -0.810. The Kier molecular flexibility index (Phi) is 8.85. The molecule has 1 aliphatic rings. The van der Waals surface area contributed by atoms with E-state index in [1.54, 1.807) is 37.3 Å². The van der Waals surface area contributed by atoms with Gasteiger partial charge in [0.05, 0.1) is 11.9 Å². The number of hydrogen-bond donors (Lipinski definition) is 1. The van der Waals surface area contributed by atoms with E-state index in [4.69, 9.17) is 23.2 Å². The first kappa shape index (κ1) is 28.2. The van der Waals surface area contributed by atoms with E-state index in [0.717, 1.165) is 41.6 Å². The summed E-state index contributed by atoms with van der Waals surface area (Å²) in [4.78, 5) is 28.4. The van der Waals surface area contributed by atoms with Gasteiger partial charge in [-0.3, -0.25) is 13.9 Å². The SMILES string of the molecule is C[C@H](C(=O)NC1CCCC1)N(Cc1ccc(Cl)cc1Cl)C(=O)CN(c1cccc2ccccc12)S(C)(=O)=O. The van der Waals surface area contributed by atoms with Crippen LogP contribution >= 0.6 is 23.2 Å². The summed E-state index contributed by atoms with van der Waals surface area (Å²) < 4.78 is 27.0. The number of rotatable bonds is 9. The quantitative estimate of drug-likeness (QED) is 0.370. The summed E-state index contributed by atoms with van der Waals surface area (Å²) in [6.07, 6.45) is 4.98. The molecule has 38 heavy (non-hydrogen) atoms. The second kappa shape index (κ2) is 11.9. The van der Waals surface area contributed by atoms with Gasteiger partial charge in [0.1, 0.15) is 12.6 Å². The van der Waals surface area contributed by atoms with Crippen LogP contribution in [0.1, 0.15) is 38.2 Å². The highest BCUT2D eigenvalue weighted by atomic mass is 35.5. The third-order valence-corrected chi connectivity index (χ3v) is 8.65. The highest BCUT2D eigenvalue weighted by molar-refractivity contribution is 7.92. The maximum atomic E-state index is 13.8. The average Bonchev–Trinajstić information content (AvgIpc) is 3.38. The van der Waals surface area contributed by atoms with Crippen LogP contribution in [0.15, 0.2) is 60.7 Å². The van der Waals surface area contributed by atoms with Crippen LogP contribution in [0.5, 0.6) is 0 Å². The number of carbonyl (C=O) groups is 2. The van der Waals surface area contributed by atoms with Gasteiger partial charge in [-0.1, -0.05) is 78.5 Å².